The predicted octanol–water partition coefficient (Wildman–Crippen LogP) is 1.22. The molecule has 0 bridgehead atoms. The van der Waals surface area contributed by atoms with Crippen LogP contribution in [0.25, 0.3) is 0 Å². The molecule has 1 amide bonds. The summed E-state index contributed by atoms with van der Waals surface area (Å²) in [5.74, 6) is 0.427. The van der Waals surface area contributed by atoms with Gasteiger partial charge in [-0.2, -0.15) is 0 Å². The van der Waals surface area contributed by atoms with E-state index in [1.54, 1.807) is 12.4 Å². The molecule has 1 aliphatic heterocycles. The zero-order valence-electron chi connectivity index (χ0n) is 10.7. The molecular weight excluding hydrogens is 230 g/mol. The van der Waals surface area contributed by atoms with E-state index in [9.17, 15) is 4.79 Å². The fourth-order valence-electron chi connectivity index (χ4n) is 2.00. The van der Waals surface area contributed by atoms with Crippen molar-refractivity contribution in [3.8, 4) is 0 Å². The maximum atomic E-state index is 11.7. The Bertz CT molecular complexity index is 386. The van der Waals surface area contributed by atoms with E-state index in [1.165, 1.54) is 0 Å². The Morgan fingerprint density at radius 3 is 3.06 bits per heavy atom. The number of amides is 1. The van der Waals surface area contributed by atoms with E-state index in [-0.39, 0.29) is 5.91 Å². The van der Waals surface area contributed by atoms with Gasteiger partial charge < -0.3 is 10.1 Å². The average molecular weight is 249 g/mol. The summed E-state index contributed by atoms with van der Waals surface area (Å²) in [6.07, 6.45) is 6.08. The monoisotopic (exact) mass is 249 g/mol. The first-order valence-electron chi connectivity index (χ1n) is 6.36. The fraction of sp³-hybridized carbons (Fsp3) is 0.615. The predicted molar refractivity (Wildman–Crippen MR) is 66.8 cm³/mol. The number of hydrogen-bond donors (Lipinski definition) is 1. The third-order valence-corrected chi connectivity index (χ3v) is 3.03. The van der Waals surface area contributed by atoms with E-state index in [0.29, 0.717) is 25.5 Å². The SMILES string of the molecule is Cc1cnc(CNC(=O)C[C@H]2CCCOC2)cn1. The van der Waals surface area contributed by atoms with Crippen molar-refractivity contribution in [2.24, 2.45) is 5.92 Å². The summed E-state index contributed by atoms with van der Waals surface area (Å²) in [7, 11) is 0. The van der Waals surface area contributed by atoms with Crippen LogP contribution < -0.4 is 5.32 Å². The van der Waals surface area contributed by atoms with E-state index in [4.69, 9.17) is 4.74 Å². The number of aryl methyl sites for hydroxylation is 1. The van der Waals surface area contributed by atoms with Crippen LogP contribution >= 0.6 is 0 Å². The standard InChI is InChI=1S/C13H19N3O2/c1-10-6-15-12(7-14-10)8-16-13(17)5-11-3-2-4-18-9-11/h6-7,11H,2-5,8-9H2,1H3,(H,16,17)/t11-/m1/s1. The highest BCUT2D eigenvalue weighted by molar-refractivity contribution is 5.76. The molecule has 1 saturated heterocycles. The van der Waals surface area contributed by atoms with Crippen molar-refractivity contribution in [2.75, 3.05) is 13.2 Å². The van der Waals surface area contributed by atoms with Crippen LogP contribution in [0.2, 0.25) is 0 Å². The molecule has 0 unspecified atom stereocenters. The molecule has 1 atom stereocenters. The van der Waals surface area contributed by atoms with Crippen LogP contribution in [-0.2, 0) is 16.1 Å². The van der Waals surface area contributed by atoms with Crippen molar-refractivity contribution >= 4 is 5.91 Å². The van der Waals surface area contributed by atoms with Crippen molar-refractivity contribution < 1.29 is 9.53 Å². The summed E-state index contributed by atoms with van der Waals surface area (Å²) in [5.41, 5.74) is 1.67. The number of carbonyl (C=O) groups is 1. The largest absolute Gasteiger partial charge is 0.381 e. The fourth-order valence-corrected chi connectivity index (χ4v) is 2.00. The number of hydrogen-bond acceptors (Lipinski definition) is 4. The lowest BCUT2D eigenvalue weighted by Crippen LogP contribution is -2.28. The zero-order chi connectivity index (χ0) is 12.8. The minimum Gasteiger partial charge on any atom is -0.381 e. The molecule has 2 heterocycles. The van der Waals surface area contributed by atoms with Gasteiger partial charge >= 0.3 is 0 Å². The van der Waals surface area contributed by atoms with Crippen LogP contribution in [0.3, 0.4) is 0 Å². The van der Waals surface area contributed by atoms with E-state index in [1.807, 2.05) is 6.92 Å². The maximum absolute atomic E-state index is 11.7. The van der Waals surface area contributed by atoms with Gasteiger partial charge in [-0.25, -0.2) is 0 Å². The van der Waals surface area contributed by atoms with Gasteiger partial charge in [0.15, 0.2) is 0 Å². The van der Waals surface area contributed by atoms with Gasteiger partial charge in [0.2, 0.25) is 5.91 Å². The van der Waals surface area contributed by atoms with Crippen LogP contribution in [0.4, 0.5) is 0 Å². The highest BCUT2D eigenvalue weighted by Gasteiger charge is 2.17. The van der Waals surface area contributed by atoms with Gasteiger partial charge in [0.25, 0.3) is 0 Å². The second-order valence-electron chi connectivity index (χ2n) is 4.71. The number of ether oxygens (including phenoxy) is 1. The van der Waals surface area contributed by atoms with Crippen LogP contribution in [0.5, 0.6) is 0 Å². The normalized spacial score (nSPS) is 19.5. The first-order valence-corrected chi connectivity index (χ1v) is 6.36. The summed E-state index contributed by atoms with van der Waals surface area (Å²) >= 11 is 0. The van der Waals surface area contributed by atoms with Crippen LogP contribution in [0.1, 0.15) is 30.7 Å². The first kappa shape index (κ1) is 13.0. The van der Waals surface area contributed by atoms with E-state index in [0.717, 1.165) is 30.8 Å². The Balaban J connectivity index is 1.72. The molecule has 5 heteroatoms. The van der Waals surface area contributed by atoms with Crippen LogP contribution in [0.15, 0.2) is 12.4 Å². The van der Waals surface area contributed by atoms with E-state index >= 15 is 0 Å². The van der Waals surface area contributed by atoms with Crippen LogP contribution in [-0.4, -0.2) is 29.1 Å². The number of nitrogens with one attached hydrogen (secondary N) is 1. The third-order valence-electron chi connectivity index (χ3n) is 3.03. The molecular formula is C13H19N3O2. The second kappa shape index (κ2) is 6.44. The highest BCUT2D eigenvalue weighted by atomic mass is 16.5. The molecule has 5 nitrogen and oxygen atoms in total. The van der Waals surface area contributed by atoms with Crippen molar-refractivity contribution in [1.29, 1.82) is 0 Å². The topological polar surface area (TPSA) is 64.1 Å². The van der Waals surface area contributed by atoms with Crippen molar-refractivity contribution in [3.63, 3.8) is 0 Å². The van der Waals surface area contributed by atoms with Gasteiger partial charge in [-0.15, -0.1) is 0 Å². The highest BCUT2D eigenvalue weighted by Crippen LogP contribution is 2.16. The summed E-state index contributed by atoms with van der Waals surface area (Å²) < 4.78 is 5.36. The smallest absolute Gasteiger partial charge is 0.220 e. The van der Waals surface area contributed by atoms with Crippen molar-refractivity contribution in [2.45, 2.75) is 32.7 Å². The van der Waals surface area contributed by atoms with Gasteiger partial charge in [0.1, 0.15) is 0 Å². The summed E-state index contributed by atoms with van der Waals surface area (Å²) in [5, 5.41) is 2.87. The number of nitrogens with zero attached hydrogens (tertiary/aromatic N) is 2. The van der Waals surface area contributed by atoms with Crippen molar-refractivity contribution in [3.05, 3.63) is 23.8 Å². The number of rotatable bonds is 4. The Labute approximate surface area is 107 Å². The van der Waals surface area contributed by atoms with Crippen molar-refractivity contribution in [1.82, 2.24) is 15.3 Å². The molecule has 0 spiro atoms. The average Bonchev–Trinajstić information content (AvgIpc) is 2.39. The second-order valence-corrected chi connectivity index (χ2v) is 4.71. The molecule has 0 aromatic carbocycles. The molecule has 1 aliphatic rings. The summed E-state index contributed by atoms with van der Waals surface area (Å²) in [6.45, 7) is 3.87. The molecule has 1 fully saturated rings. The number of carbonyl (C=O) groups excluding carboxylic acids is 1. The lowest BCUT2D eigenvalue weighted by atomic mass is 9.98. The Morgan fingerprint density at radius 1 is 1.50 bits per heavy atom. The van der Waals surface area contributed by atoms with E-state index < -0.39 is 0 Å². The van der Waals surface area contributed by atoms with E-state index in [2.05, 4.69) is 15.3 Å². The zero-order valence-corrected chi connectivity index (χ0v) is 10.7. The van der Waals surface area contributed by atoms with Crippen LogP contribution in [0, 0.1) is 12.8 Å². The lowest BCUT2D eigenvalue weighted by molar-refractivity contribution is -0.123. The molecule has 0 radical (unpaired) electrons. The minimum atomic E-state index is 0.0628. The molecule has 2 rings (SSSR count). The molecule has 0 aliphatic carbocycles. The third kappa shape index (κ3) is 4.07. The molecule has 1 aromatic heterocycles. The lowest BCUT2D eigenvalue weighted by Gasteiger charge is -2.21. The maximum Gasteiger partial charge on any atom is 0.220 e. The Kier molecular flexibility index (Phi) is 4.64. The first-order chi connectivity index (χ1) is 8.74. The van der Waals surface area contributed by atoms with Gasteiger partial charge in [0, 0.05) is 25.8 Å². The Hall–Kier alpha value is -1.49. The molecule has 18 heavy (non-hydrogen) atoms. The Morgan fingerprint density at radius 2 is 2.39 bits per heavy atom. The number of aromatic nitrogens is 2. The minimum absolute atomic E-state index is 0.0628. The van der Waals surface area contributed by atoms with Gasteiger partial charge in [0.05, 0.1) is 24.1 Å². The van der Waals surface area contributed by atoms with Gasteiger partial charge in [-0.05, 0) is 25.7 Å². The summed E-state index contributed by atoms with van der Waals surface area (Å²) in [6, 6.07) is 0. The van der Waals surface area contributed by atoms with Gasteiger partial charge in [-0.1, -0.05) is 0 Å². The molecule has 1 aromatic rings. The quantitative estimate of drug-likeness (QED) is 0.871. The van der Waals surface area contributed by atoms with Gasteiger partial charge in [-0.3, -0.25) is 14.8 Å². The molecule has 98 valence electrons. The summed E-state index contributed by atoms with van der Waals surface area (Å²) in [4.78, 5) is 20.1. The molecule has 0 saturated carbocycles. The molecule has 1 N–H and O–H groups in total.